The number of ether oxygens (including phenoxy) is 2. The minimum atomic E-state index is -0.466. The van der Waals surface area contributed by atoms with Crippen LogP contribution in [-0.4, -0.2) is 25.5 Å². The molecule has 0 aliphatic heterocycles. The number of benzene rings is 1. The Morgan fingerprint density at radius 3 is 2.40 bits per heavy atom. The van der Waals surface area contributed by atoms with E-state index < -0.39 is 11.8 Å². The van der Waals surface area contributed by atoms with Gasteiger partial charge in [-0.2, -0.15) is 0 Å². The van der Waals surface area contributed by atoms with E-state index in [1.54, 1.807) is 38.1 Å². The fraction of sp³-hybridized carbons (Fsp3) is 0.333. The molecule has 2 N–H and O–H groups in total. The number of nitrogens with one attached hydrogen (secondary N) is 2. The zero-order valence-electron chi connectivity index (χ0n) is 14.8. The third-order valence-electron chi connectivity index (χ3n) is 3.46. The lowest BCUT2D eigenvalue weighted by atomic mass is 10.2. The van der Waals surface area contributed by atoms with Crippen molar-refractivity contribution in [1.29, 1.82) is 0 Å². The summed E-state index contributed by atoms with van der Waals surface area (Å²) >= 11 is 0. The number of methoxy groups -OCH3 is 1. The lowest BCUT2D eigenvalue weighted by Gasteiger charge is -2.12. The van der Waals surface area contributed by atoms with Crippen molar-refractivity contribution in [2.24, 2.45) is 0 Å². The van der Waals surface area contributed by atoms with Crippen molar-refractivity contribution in [2.75, 3.05) is 13.7 Å². The lowest BCUT2D eigenvalue weighted by Crippen LogP contribution is -2.41. The number of carbonyl (C=O) groups excluding carboxylic acids is 2. The fourth-order valence-electron chi connectivity index (χ4n) is 2.25. The van der Waals surface area contributed by atoms with Crippen LogP contribution in [0.1, 0.15) is 45.6 Å². The molecule has 2 rings (SSSR count). The van der Waals surface area contributed by atoms with Crippen LogP contribution < -0.4 is 20.3 Å². The second-order valence-electron chi connectivity index (χ2n) is 5.45. The minimum absolute atomic E-state index is 0.334. The van der Waals surface area contributed by atoms with Crippen molar-refractivity contribution < 1.29 is 23.5 Å². The summed E-state index contributed by atoms with van der Waals surface area (Å²) in [6, 6.07) is 6.43. The Morgan fingerprint density at radius 2 is 1.80 bits per heavy atom. The summed E-state index contributed by atoms with van der Waals surface area (Å²) in [6.45, 7) is 5.99. The van der Waals surface area contributed by atoms with Crippen LogP contribution in [0.5, 0.6) is 11.5 Å². The van der Waals surface area contributed by atoms with E-state index in [0.29, 0.717) is 40.8 Å². The topological polar surface area (TPSA) is 89.8 Å². The standard InChI is InChI=1S/C18H22N2O5/c1-5-8-24-15-7-6-13(10-16(15)23-4)17(21)19-20-18(22)14-9-11(2)25-12(14)3/h6-7,9-10H,5,8H2,1-4H3,(H,19,21)(H,20,22). The van der Waals surface area contributed by atoms with E-state index in [0.717, 1.165) is 6.42 Å². The third kappa shape index (κ3) is 4.53. The van der Waals surface area contributed by atoms with Crippen LogP contribution in [0.15, 0.2) is 28.7 Å². The summed E-state index contributed by atoms with van der Waals surface area (Å²) in [5.74, 6) is 1.22. The zero-order valence-corrected chi connectivity index (χ0v) is 14.8. The molecule has 0 radical (unpaired) electrons. The van der Waals surface area contributed by atoms with Gasteiger partial charge >= 0.3 is 0 Å². The monoisotopic (exact) mass is 346 g/mol. The molecular weight excluding hydrogens is 324 g/mol. The Morgan fingerprint density at radius 1 is 1.08 bits per heavy atom. The average molecular weight is 346 g/mol. The average Bonchev–Trinajstić information content (AvgIpc) is 2.95. The summed E-state index contributed by atoms with van der Waals surface area (Å²) < 4.78 is 16.1. The van der Waals surface area contributed by atoms with Gasteiger partial charge in [-0.1, -0.05) is 6.92 Å². The second kappa shape index (κ2) is 8.23. The molecule has 0 spiro atoms. The highest BCUT2D eigenvalue weighted by Gasteiger charge is 2.16. The minimum Gasteiger partial charge on any atom is -0.493 e. The van der Waals surface area contributed by atoms with Crippen molar-refractivity contribution >= 4 is 11.8 Å². The quantitative estimate of drug-likeness (QED) is 0.785. The van der Waals surface area contributed by atoms with Gasteiger partial charge in [0.25, 0.3) is 11.8 Å². The Balaban J connectivity index is 2.03. The lowest BCUT2D eigenvalue weighted by molar-refractivity contribution is 0.0845. The van der Waals surface area contributed by atoms with Gasteiger partial charge in [0.2, 0.25) is 0 Å². The molecule has 0 saturated carbocycles. The number of hydrogen-bond acceptors (Lipinski definition) is 5. The Hall–Kier alpha value is -2.96. The van der Waals surface area contributed by atoms with Gasteiger partial charge in [-0.15, -0.1) is 0 Å². The first kappa shape index (κ1) is 18.4. The predicted octanol–water partition coefficient (Wildman–Crippen LogP) is 2.77. The first-order valence-electron chi connectivity index (χ1n) is 7.94. The van der Waals surface area contributed by atoms with E-state index in [1.165, 1.54) is 7.11 Å². The maximum Gasteiger partial charge on any atom is 0.273 e. The number of carbonyl (C=O) groups is 2. The van der Waals surface area contributed by atoms with Gasteiger partial charge in [-0.25, -0.2) is 0 Å². The first-order chi connectivity index (χ1) is 12.0. The van der Waals surface area contributed by atoms with Gasteiger partial charge in [-0.05, 0) is 44.5 Å². The number of amides is 2. The van der Waals surface area contributed by atoms with Crippen LogP contribution in [0.4, 0.5) is 0 Å². The molecular formula is C18H22N2O5. The van der Waals surface area contributed by atoms with Crippen molar-refractivity contribution in [2.45, 2.75) is 27.2 Å². The largest absolute Gasteiger partial charge is 0.493 e. The van der Waals surface area contributed by atoms with E-state index in [2.05, 4.69) is 10.9 Å². The summed E-state index contributed by atoms with van der Waals surface area (Å²) in [5, 5.41) is 0. The highest BCUT2D eigenvalue weighted by atomic mass is 16.5. The molecule has 7 heteroatoms. The summed E-state index contributed by atoms with van der Waals surface area (Å²) in [6.07, 6.45) is 0.865. The van der Waals surface area contributed by atoms with Gasteiger partial charge in [0.05, 0.1) is 19.3 Å². The van der Waals surface area contributed by atoms with Crippen LogP contribution in [0.25, 0.3) is 0 Å². The van der Waals surface area contributed by atoms with Gasteiger partial charge in [0, 0.05) is 5.56 Å². The molecule has 0 aliphatic carbocycles. The zero-order chi connectivity index (χ0) is 18.4. The predicted molar refractivity (Wildman–Crippen MR) is 91.9 cm³/mol. The van der Waals surface area contributed by atoms with E-state index in [1.807, 2.05) is 6.92 Å². The molecule has 0 bridgehead atoms. The number of hydrazine groups is 1. The smallest absolute Gasteiger partial charge is 0.273 e. The molecule has 25 heavy (non-hydrogen) atoms. The summed E-state index contributed by atoms with van der Waals surface area (Å²) in [5.41, 5.74) is 5.45. The first-order valence-corrected chi connectivity index (χ1v) is 7.94. The molecule has 134 valence electrons. The second-order valence-corrected chi connectivity index (χ2v) is 5.45. The van der Waals surface area contributed by atoms with Crippen molar-refractivity contribution in [1.82, 2.24) is 10.9 Å². The summed E-state index contributed by atoms with van der Waals surface area (Å²) in [4.78, 5) is 24.3. The molecule has 1 heterocycles. The van der Waals surface area contributed by atoms with Gasteiger partial charge in [-0.3, -0.25) is 20.4 Å². The molecule has 0 saturated heterocycles. The van der Waals surface area contributed by atoms with Crippen LogP contribution in [0.2, 0.25) is 0 Å². The molecule has 1 aromatic heterocycles. The number of aryl methyl sites for hydroxylation is 2. The Bertz CT molecular complexity index is 767. The van der Waals surface area contributed by atoms with E-state index in [-0.39, 0.29) is 0 Å². The van der Waals surface area contributed by atoms with Crippen molar-refractivity contribution in [3.63, 3.8) is 0 Å². The summed E-state index contributed by atoms with van der Waals surface area (Å²) in [7, 11) is 1.50. The maximum atomic E-state index is 12.2. The van der Waals surface area contributed by atoms with E-state index in [4.69, 9.17) is 13.9 Å². The number of hydrogen-bond donors (Lipinski definition) is 2. The maximum absolute atomic E-state index is 12.2. The Kier molecular flexibility index (Phi) is 6.05. The number of furan rings is 1. The van der Waals surface area contributed by atoms with Gasteiger partial charge < -0.3 is 13.9 Å². The Labute approximate surface area is 146 Å². The molecule has 0 fully saturated rings. The van der Waals surface area contributed by atoms with Crippen LogP contribution in [0.3, 0.4) is 0 Å². The molecule has 0 unspecified atom stereocenters. The van der Waals surface area contributed by atoms with E-state index in [9.17, 15) is 9.59 Å². The highest BCUT2D eigenvalue weighted by molar-refractivity contribution is 5.99. The SMILES string of the molecule is CCCOc1ccc(C(=O)NNC(=O)c2cc(C)oc2C)cc1OC. The van der Waals surface area contributed by atoms with Gasteiger partial charge in [0.1, 0.15) is 11.5 Å². The molecule has 0 aliphatic rings. The van der Waals surface area contributed by atoms with Crippen LogP contribution in [0, 0.1) is 13.8 Å². The van der Waals surface area contributed by atoms with Gasteiger partial charge in [0.15, 0.2) is 11.5 Å². The van der Waals surface area contributed by atoms with Crippen LogP contribution in [-0.2, 0) is 0 Å². The normalized spacial score (nSPS) is 10.2. The molecule has 1 aromatic carbocycles. The fourth-order valence-corrected chi connectivity index (χ4v) is 2.25. The third-order valence-corrected chi connectivity index (χ3v) is 3.46. The highest BCUT2D eigenvalue weighted by Crippen LogP contribution is 2.28. The number of rotatable bonds is 6. The van der Waals surface area contributed by atoms with Crippen molar-refractivity contribution in [3.05, 3.63) is 46.9 Å². The molecule has 2 aromatic rings. The molecule has 7 nitrogen and oxygen atoms in total. The van der Waals surface area contributed by atoms with Crippen LogP contribution >= 0.6 is 0 Å². The van der Waals surface area contributed by atoms with E-state index >= 15 is 0 Å². The molecule has 2 amide bonds. The molecule has 0 atom stereocenters. The van der Waals surface area contributed by atoms with Crippen molar-refractivity contribution in [3.8, 4) is 11.5 Å².